The van der Waals surface area contributed by atoms with Crippen LogP contribution in [0.5, 0.6) is 0 Å². The van der Waals surface area contributed by atoms with E-state index >= 15 is 0 Å². The van der Waals surface area contributed by atoms with Crippen LogP contribution in [-0.4, -0.2) is 60.4 Å². The molecule has 0 spiro atoms. The van der Waals surface area contributed by atoms with Gasteiger partial charge in [0.25, 0.3) is 5.91 Å². The Kier molecular flexibility index (Phi) is 5.39. The predicted octanol–water partition coefficient (Wildman–Crippen LogP) is 1.74. The topological polar surface area (TPSA) is 61.8 Å². The van der Waals surface area contributed by atoms with Crippen LogP contribution in [0, 0.1) is 12.7 Å². The molecule has 132 valence electrons. The van der Waals surface area contributed by atoms with Gasteiger partial charge >= 0.3 is 0 Å². The quantitative estimate of drug-likeness (QED) is 0.862. The fourth-order valence-corrected chi connectivity index (χ4v) is 3.73. The number of aliphatic hydroxyl groups is 1. The summed E-state index contributed by atoms with van der Waals surface area (Å²) in [5.74, 6) is -1.08. The highest BCUT2D eigenvalue weighted by molar-refractivity contribution is 6.34. The molecule has 0 bridgehead atoms. The van der Waals surface area contributed by atoms with E-state index in [9.17, 15) is 9.18 Å². The van der Waals surface area contributed by atoms with Gasteiger partial charge in [0.05, 0.1) is 23.3 Å². The van der Waals surface area contributed by atoms with Crippen LogP contribution < -0.4 is 5.32 Å². The lowest BCUT2D eigenvalue weighted by Gasteiger charge is -2.34. The van der Waals surface area contributed by atoms with Crippen LogP contribution in [0.25, 0.3) is 0 Å². The molecule has 3 rings (SSSR count). The fraction of sp³-hybridized carbons (Fsp3) is 0.588. The highest BCUT2D eigenvalue weighted by Gasteiger charge is 2.38. The lowest BCUT2D eigenvalue weighted by atomic mass is 10.1. The third-order valence-electron chi connectivity index (χ3n) is 4.79. The van der Waals surface area contributed by atoms with Crippen molar-refractivity contribution in [3.8, 4) is 0 Å². The Labute approximate surface area is 145 Å². The van der Waals surface area contributed by atoms with Crippen LogP contribution >= 0.6 is 11.6 Å². The first-order valence-corrected chi connectivity index (χ1v) is 8.59. The molecule has 2 N–H and O–H groups in total. The van der Waals surface area contributed by atoms with Crippen molar-refractivity contribution in [2.24, 2.45) is 0 Å². The van der Waals surface area contributed by atoms with Crippen molar-refractivity contribution in [1.29, 1.82) is 0 Å². The lowest BCUT2D eigenvalue weighted by Crippen LogP contribution is -2.46. The van der Waals surface area contributed by atoms with E-state index in [4.69, 9.17) is 21.4 Å². The second-order valence-electron chi connectivity index (χ2n) is 6.53. The molecule has 2 aliphatic rings. The maximum atomic E-state index is 14.0. The van der Waals surface area contributed by atoms with Gasteiger partial charge in [-0.25, -0.2) is 4.39 Å². The zero-order chi connectivity index (χ0) is 17.3. The summed E-state index contributed by atoms with van der Waals surface area (Å²) < 4.78 is 19.7. The van der Waals surface area contributed by atoms with Gasteiger partial charge in [-0.05, 0) is 31.4 Å². The van der Waals surface area contributed by atoms with Crippen LogP contribution in [0.3, 0.4) is 0 Å². The average molecular weight is 357 g/mol. The number of aliphatic hydroxyl groups excluding tert-OH is 1. The van der Waals surface area contributed by atoms with E-state index in [0.29, 0.717) is 25.1 Å². The first kappa shape index (κ1) is 17.6. The second-order valence-corrected chi connectivity index (χ2v) is 6.91. The number of nitrogens with one attached hydrogen (secondary N) is 1. The van der Waals surface area contributed by atoms with Gasteiger partial charge in [0.2, 0.25) is 0 Å². The maximum Gasteiger partial charge on any atom is 0.256 e. The molecular formula is C17H22ClFN2O3. The van der Waals surface area contributed by atoms with E-state index in [-0.39, 0.29) is 35.4 Å². The number of amides is 1. The monoisotopic (exact) mass is 356 g/mol. The third kappa shape index (κ3) is 3.57. The van der Waals surface area contributed by atoms with Gasteiger partial charge in [0, 0.05) is 31.8 Å². The molecule has 5 nitrogen and oxygen atoms in total. The lowest BCUT2D eigenvalue weighted by molar-refractivity contribution is -0.0566. The third-order valence-corrected chi connectivity index (χ3v) is 5.27. The minimum atomic E-state index is -0.606. The summed E-state index contributed by atoms with van der Waals surface area (Å²) in [7, 11) is 0. The Morgan fingerprint density at radius 1 is 1.50 bits per heavy atom. The van der Waals surface area contributed by atoms with Gasteiger partial charge in [0.1, 0.15) is 5.82 Å². The molecule has 7 heteroatoms. The van der Waals surface area contributed by atoms with Gasteiger partial charge in [0.15, 0.2) is 0 Å². The fourth-order valence-electron chi connectivity index (χ4n) is 3.49. The van der Waals surface area contributed by atoms with E-state index < -0.39 is 11.7 Å². The van der Waals surface area contributed by atoms with E-state index in [1.165, 1.54) is 6.07 Å². The number of rotatable bonds is 4. The molecule has 0 aliphatic carbocycles. The zero-order valence-electron chi connectivity index (χ0n) is 13.6. The molecule has 0 radical (unpaired) electrons. The van der Waals surface area contributed by atoms with E-state index in [1.807, 2.05) is 0 Å². The molecular weight excluding hydrogens is 335 g/mol. The zero-order valence-corrected chi connectivity index (χ0v) is 14.4. The van der Waals surface area contributed by atoms with Gasteiger partial charge < -0.3 is 15.2 Å². The standard InChI is InChI=1S/C17H22ClFN2O3/c1-10-2-3-14(19)15(16(10)18)17(23)20-11-6-12-9-24-13(4-5-22)8-21(12)7-11/h2-3,11-13,22H,4-9H2,1H3,(H,20,23)/t11-,12-,13-/m0/s1. The molecule has 2 fully saturated rings. The number of fused-ring (bicyclic) bond motifs is 1. The molecule has 3 atom stereocenters. The van der Waals surface area contributed by atoms with E-state index in [0.717, 1.165) is 13.0 Å². The van der Waals surface area contributed by atoms with Crippen molar-refractivity contribution in [3.63, 3.8) is 0 Å². The number of halogens is 2. The van der Waals surface area contributed by atoms with Crippen molar-refractivity contribution in [1.82, 2.24) is 10.2 Å². The van der Waals surface area contributed by atoms with Crippen molar-refractivity contribution >= 4 is 17.5 Å². The molecule has 1 aromatic carbocycles. The van der Waals surface area contributed by atoms with Gasteiger partial charge in [-0.1, -0.05) is 17.7 Å². The van der Waals surface area contributed by atoms with Crippen LogP contribution in [-0.2, 0) is 4.74 Å². The summed E-state index contributed by atoms with van der Waals surface area (Å²) >= 11 is 6.10. The van der Waals surface area contributed by atoms with Crippen molar-refractivity contribution in [3.05, 3.63) is 34.1 Å². The molecule has 2 aliphatic heterocycles. The number of aryl methyl sites for hydroxylation is 1. The Bertz CT molecular complexity index is 628. The SMILES string of the molecule is Cc1ccc(F)c(C(=O)N[C@H]2C[C@H]3CO[C@@H](CCO)CN3C2)c1Cl. The molecule has 0 unspecified atom stereocenters. The normalized spacial score (nSPS) is 27.1. The smallest absolute Gasteiger partial charge is 0.256 e. The van der Waals surface area contributed by atoms with Gasteiger partial charge in [-0.2, -0.15) is 0 Å². The Hall–Kier alpha value is -1.21. The molecule has 24 heavy (non-hydrogen) atoms. The number of nitrogens with zero attached hydrogens (tertiary/aromatic N) is 1. The number of morpholine rings is 1. The summed E-state index contributed by atoms with van der Waals surface area (Å²) in [5.41, 5.74) is 0.586. The number of ether oxygens (including phenoxy) is 1. The highest BCUT2D eigenvalue weighted by Crippen LogP contribution is 2.26. The van der Waals surface area contributed by atoms with Crippen LogP contribution in [0.1, 0.15) is 28.8 Å². The molecule has 1 aromatic rings. The molecule has 1 amide bonds. The van der Waals surface area contributed by atoms with Crippen molar-refractivity contribution in [2.45, 2.75) is 38.0 Å². The number of carbonyl (C=O) groups is 1. The van der Waals surface area contributed by atoms with Crippen molar-refractivity contribution in [2.75, 3.05) is 26.3 Å². The summed E-state index contributed by atoms with van der Waals surface area (Å²) in [4.78, 5) is 14.7. The highest BCUT2D eigenvalue weighted by atomic mass is 35.5. The number of hydrogen-bond donors (Lipinski definition) is 2. The minimum Gasteiger partial charge on any atom is -0.396 e. The van der Waals surface area contributed by atoms with Crippen LogP contribution in [0.15, 0.2) is 12.1 Å². The summed E-state index contributed by atoms with van der Waals surface area (Å²) in [6, 6.07) is 3.02. The number of hydrogen-bond acceptors (Lipinski definition) is 4. The van der Waals surface area contributed by atoms with E-state index in [1.54, 1.807) is 13.0 Å². The largest absolute Gasteiger partial charge is 0.396 e. The van der Waals surface area contributed by atoms with Crippen LogP contribution in [0.2, 0.25) is 5.02 Å². The number of carbonyl (C=O) groups excluding carboxylic acids is 1. The molecule has 2 heterocycles. The van der Waals surface area contributed by atoms with Gasteiger partial charge in [-0.15, -0.1) is 0 Å². The van der Waals surface area contributed by atoms with Gasteiger partial charge in [-0.3, -0.25) is 9.69 Å². The van der Waals surface area contributed by atoms with Crippen LogP contribution in [0.4, 0.5) is 4.39 Å². The molecule has 2 saturated heterocycles. The Balaban J connectivity index is 1.64. The predicted molar refractivity (Wildman–Crippen MR) is 88.8 cm³/mol. The second kappa shape index (κ2) is 7.35. The summed E-state index contributed by atoms with van der Waals surface area (Å²) in [6.07, 6.45) is 1.41. The molecule has 0 aromatic heterocycles. The summed E-state index contributed by atoms with van der Waals surface area (Å²) in [5, 5.41) is 12.1. The first-order chi connectivity index (χ1) is 11.5. The van der Waals surface area contributed by atoms with Crippen molar-refractivity contribution < 1.29 is 19.0 Å². The minimum absolute atomic E-state index is 0.0318. The summed E-state index contributed by atoms with van der Waals surface area (Å²) in [6.45, 7) is 3.89. The molecule has 0 saturated carbocycles. The van der Waals surface area contributed by atoms with E-state index in [2.05, 4.69) is 10.2 Å². The number of benzene rings is 1. The maximum absolute atomic E-state index is 14.0. The Morgan fingerprint density at radius 2 is 2.29 bits per heavy atom. The first-order valence-electron chi connectivity index (χ1n) is 8.21. The average Bonchev–Trinajstić information content (AvgIpc) is 2.93. The Morgan fingerprint density at radius 3 is 3.04 bits per heavy atom.